The molecule has 0 spiro atoms. The van der Waals surface area contributed by atoms with Crippen molar-refractivity contribution in [3.05, 3.63) is 29.8 Å². The van der Waals surface area contributed by atoms with E-state index in [0.717, 1.165) is 25.9 Å². The van der Waals surface area contributed by atoms with Crippen LogP contribution in [0.1, 0.15) is 36.5 Å². The van der Waals surface area contributed by atoms with Crippen LogP contribution in [0.25, 0.3) is 0 Å². The molecule has 1 fully saturated rings. The summed E-state index contributed by atoms with van der Waals surface area (Å²) in [6, 6.07) is 6.58. The molecular formula is C16H25N3O3S. The van der Waals surface area contributed by atoms with E-state index in [9.17, 15) is 13.2 Å². The minimum atomic E-state index is -3.34. The van der Waals surface area contributed by atoms with E-state index in [1.165, 1.54) is 0 Å². The van der Waals surface area contributed by atoms with E-state index in [4.69, 9.17) is 0 Å². The molecule has 23 heavy (non-hydrogen) atoms. The monoisotopic (exact) mass is 339 g/mol. The summed E-state index contributed by atoms with van der Waals surface area (Å²) in [5, 5.41) is 6.20. The fourth-order valence-corrected chi connectivity index (χ4v) is 3.80. The Labute approximate surface area is 138 Å². The Morgan fingerprint density at radius 3 is 2.91 bits per heavy atom. The van der Waals surface area contributed by atoms with Gasteiger partial charge in [0.1, 0.15) is 0 Å². The van der Waals surface area contributed by atoms with Gasteiger partial charge >= 0.3 is 0 Å². The first-order chi connectivity index (χ1) is 11.0. The number of benzene rings is 1. The van der Waals surface area contributed by atoms with Crippen molar-refractivity contribution in [2.45, 2.75) is 26.2 Å². The third-order valence-corrected chi connectivity index (χ3v) is 5.36. The highest BCUT2D eigenvalue weighted by Crippen LogP contribution is 2.14. The van der Waals surface area contributed by atoms with Crippen LogP contribution >= 0.6 is 0 Å². The van der Waals surface area contributed by atoms with Gasteiger partial charge in [-0.3, -0.25) is 9.52 Å². The molecule has 1 aromatic rings. The Kier molecular flexibility index (Phi) is 6.41. The third-order valence-electron chi connectivity index (χ3n) is 3.87. The van der Waals surface area contributed by atoms with Crippen LogP contribution in [-0.4, -0.2) is 39.7 Å². The number of sulfonamides is 1. The van der Waals surface area contributed by atoms with Gasteiger partial charge in [-0.2, -0.15) is 0 Å². The fourth-order valence-electron chi connectivity index (χ4n) is 2.68. The summed E-state index contributed by atoms with van der Waals surface area (Å²) < 4.78 is 26.1. The molecule has 2 rings (SSSR count). The molecule has 0 aliphatic carbocycles. The fraction of sp³-hybridized carbons (Fsp3) is 0.562. The summed E-state index contributed by atoms with van der Waals surface area (Å²) in [6.45, 7) is 4.52. The van der Waals surface area contributed by atoms with Gasteiger partial charge in [-0.25, -0.2) is 8.42 Å². The molecule has 0 saturated carbocycles. The Morgan fingerprint density at radius 1 is 1.39 bits per heavy atom. The van der Waals surface area contributed by atoms with Gasteiger partial charge in [-0.05, 0) is 56.5 Å². The maximum Gasteiger partial charge on any atom is 0.251 e. The highest BCUT2D eigenvalue weighted by molar-refractivity contribution is 7.92. The van der Waals surface area contributed by atoms with Crippen molar-refractivity contribution >= 4 is 21.6 Å². The first-order valence-corrected chi connectivity index (χ1v) is 9.75. The molecule has 0 bridgehead atoms. The van der Waals surface area contributed by atoms with Crippen LogP contribution in [0.2, 0.25) is 0 Å². The molecule has 1 aliphatic heterocycles. The zero-order valence-corrected chi connectivity index (χ0v) is 14.3. The average Bonchev–Trinajstić information content (AvgIpc) is 3.00. The van der Waals surface area contributed by atoms with Gasteiger partial charge in [-0.1, -0.05) is 13.0 Å². The van der Waals surface area contributed by atoms with E-state index in [0.29, 0.717) is 30.1 Å². The number of hydrogen-bond acceptors (Lipinski definition) is 4. The molecule has 7 heteroatoms. The van der Waals surface area contributed by atoms with Crippen LogP contribution in [0.3, 0.4) is 0 Å². The number of anilines is 1. The minimum Gasteiger partial charge on any atom is -0.352 e. The summed E-state index contributed by atoms with van der Waals surface area (Å²) in [4.78, 5) is 12.2. The second kappa shape index (κ2) is 8.31. The van der Waals surface area contributed by atoms with Gasteiger partial charge in [-0.15, -0.1) is 0 Å². The quantitative estimate of drug-likeness (QED) is 0.671. The number of hydrogen-bond donors (Lipinski definition) is 3. The number of carbonyl (C=O) groups is 1. The van der Waals surface area contributed by atoms with Crippen LogP contribution < -0.4 is 15.4 Å². The van der Waals surface area contributed by atoms with Crippen molar-refractivity contribution in [3.63, 3.8) is 0 Å². The van der Waals surface area contributed by atoms with Gasteiger partial charge in [0.05, 0.1) is 5.75 Å². The molecule has 1 saturated heterocycles. The van der Waals surface area contributed by atoms with E-state index in [-0.39, 0.29) is 11.7 Å². The molecule has 1 aromatic carbocycles. The predicted molar refractivity (Wildman–Crippen MR) is 92.1 cm³/mol. The van der Waals surface area contributed by atoms with E-state index in [1.54, 1.807) is 24.3 Å². The average molecular weight is 339 g/mol. The molecule has 1 atom stereocenters. The Morgan fingerprint density at radius 2 is 2.22 bits per heavy atom. The second-order valence-corrected chi connectivity index (χ2v) is 7.75. The molecule has 0 aromatic heterocycles. The number of nitrogens with one attached hydrogen (secondary N) is 3. The molecule has 1 unspecified atom stereocenters. The van der Waals surface area contributed by atoms with Gasteiger partial charge < -0.3 is 10.6 Å². The Hall–Kier alpha value is -1.60. The van der Waals surface area contributed by atoms with E-state index in [1.807, 2.05) is 6.92 Å². The van der Waals surface area contributed by atoms with Crippen molar-refractivity contribution < 1.29 is 13.2 Å². The lowest BCUT2D eigenvalue weighted by atomic mass is 10.1. The molecule has 1 heterocycles. The second-order valence-electron chi connectivity index (χ2n) is 5.91. The molecule has 1 aliphatic rings. The van der Waals surface area contributed by atoms with E-state index in [2.05, 4.69) is 15.4 Å². The number of carbonyl (C=O) groups excluding carboxylic acids is 1. The summed E-state index contributed by atoms with van der Waals surface area (Å²) >= 11 is 0. The molecule has 6 nitrogen and oxygen atoms in total. The minimum absolute atomic E-state index is 0.0683. The molecular weight excluding hydrogens is 314 g/mol. The normalized spacial score (nSPS) is 17.9. The zero-order valence-electron chi connectivity index (χ0n) is 13.5. The maximum atomic E-state index is 12.2. The van der Waals surface area contributed by atoms with Gasteiger partial charge in [0.15, 0.2) is 0 Å². The summed E-state index contributed by atoms with van der Waals surface area (Å²) in [7, 11) is -3.34. The van der Waals surface area contributed by atoms with Crippen LogP contribution in [0.5, 0.6) is 0 Å². The van der Waals surface area contributed by atoms with E-state index >= 15 is 0 Å². The zero-order chi connectivity index (χ0) is 16.7. The Bertz CT molecular complexity index is 625. The molecule has 3 N–H and O–H groups in total. The molecule has 0 radical (unpaired) electrons. The van der Waals surface area contributed by atoms with Gasteiger partial charge in [0, 0.05) is 17.8 Å². The van der Waals surface area contributed by atoms with Crippen LogP contribution in [0.4, 0.5) is 5.69 Å². The van der Waals surface area contributed by atoms with Gasteiger partial charge in [0.2, 0.25) is 10.0 Å². The maximum absolute atomic E-state index is 12.2. The lowest BCUT2D eigenvalue weighted by Gasteiger charge is -2.11. The van der Waals surface area contributed by atoms with E-state index < -0.39 is 10.0 Å². The van der Waals surface area contributed by atoms with Gasteiger partial charge in [0.25, 0.3) is 5.91 Å². The predicted octanol–water partition coefficient (Wildman–Crippen LogP) is 1.57. The summed E-state index contributed by atoms with van der Waals surface area (Å²) in [5.41, 5.74) is 0.886. The first-order valence-electron chi connectivity index (χ1n) is 8.09. The number of amides is 1. The highest BCUT2D eigenvalue weighted by Gasteiger charge is 2.15. The topological polar surface area (TPSA) is 87.3 Å². The highest BCUT2D eigenvalue weighted by atomic mass is 32.2. The standard InChI is InChI=1S/C16H25N3O3S/c1-2-10-23(21,22)19-15-5-3-4-14(11-15)16(20)18-9-7-13-6-8-17-12-13/h3-5,11,13,17,19H,2,6-10,12H2,1H3,(H,18,20). The molecule has 1 amide bonds. The smallest absolute Gasteiger partial charge is 0.251 e. The first kappa shape index (κ1) is 17.7. The SMILES string of the molecule is CCCS(=O)(=O)Nc1cccc(C(=O)NCCC2CCNC2)c1. The van der Waals surface area contributed by atoms with Crippen LogP contribution in [0.15, 0.2) is 24.3 Å². The van der Waals surface area contributed by atoms with Crippen molar-refractivity contribution in [2.24, 2.45) is 5.92 Å². The van der Waals surface area contributed by atoms with Crippen molar-refractivity contribution in [3.8, 4) is 0 Å². The Balaban J connectivity index is 1.89. The van der Waals surface area contributed by atoms with Crippen molar-refractivity contribution in [1.82, 2.24) is 10.6 Å². The number of rotatable bonds is 8. The van der Waals surface area contributed by atoms with Crippen LogP contribution in [0, 0.1) is 5.92 Å². The largest absolute Gasteiger partial charge is 0.352 e. The summed E-state index contributed by atoms with van der Waals surface area (Å²) in [5.74, 6) is 0.522. The van der Waals surface area contributed by atoms with Crippen molar-refractivity contribution in [1.29, 1.82) is 0 Å². The van der Waals surface area contributed by atoms with Crippen molar-refractivity contribution in [2.75, 3.05) is 30.1 Å². The van der Waals surface area contributed by atoms with Crippen LogP contribution in [-0.2, 0) is 10.0 Å². The third kappa shape index (κ3) is 5.84. The summed E-state index contributed by atoms with van der Waals surface area (Å²) in [6.07, 6.45) is 2.66. The lowest BCUT2D eigenvalue weighted by Crippen LogP contribution is -2.26. The lowest BCUT2D eigenvalue weighted by molar-refractivity contribution is 0.0951. The molecule has 128 valence electrons.